The Morgan fingerprint density at radius 2 is 1.86 bits per heavy atom. The van der Waals surface area contributed by atoms with Gasteiger partial charge in [-0.2, -0.15) is 0 Å². The lowest BCUT2D eigenvalue weighted by molar-refractivity contribution is -0.113. The zero-order valence-electron chi connectivity index (χ0n) is 15.6. The summed E-state index contributed by atoms with van der Waals surface area (Å²) in [6.45, 7) is 1.90. The normalized spacial score (nSPS) is 11.1. The number of nitrogens with one attached hydrogen (secondary N) is 2. The molecule has 0 atom stereocenters. The number of furan rings is 1. The molecule has 3 aromatic rings. The molecule has 0 radical (unpaired) electrons. The van der Waals surface area contributed by atoms with Crippen LogP contribution < -0.4 is 10.6 Å². The summed E-state index contributed by atoms with van der Waals surface area (Å²) < 4.78 is 5.30. The highest BCUT2D eigenvalue weighted by atomic mass is 32.2. The molecule has 0 saturated carbocycles. The summed E-state index contributed by atoms with van der Waals surface area (Å²) in [4.78, 5) is 26.5. The second kappa shape index (κ2) is 9.10. The van der Waals surface area contributed by atoms with Crippen LogP contribution in [-0.4, -0.2) is 18.1 Å². The molecule has 2 aromatic carbocycles. The summed E-state index contributed by atoms with van der Waals surface area (Å²) in [6.07, 6.45) is 4.97. The molecule has 2 amide bonds. The molecule has 3 rings (SSSR count). The van der Waals surface area contributed by atoms with Crippen molar-refractivity contribution in [2.24, 2.45) is 0 Å². The van der Waals surface area contributed by atoms with Crippen molar-refractivity contribution in [3.63, 3.8) is 0 Å². The fraction of sp³-hybridized carbons (Fsp3) is 0.0909. The Hall–Kier alpha value is -3.25. The smallest absolute Gasteiger partial charge is 0.272 e. The third-order valence-electron chi connectivity index (χ3n) is 3.93. The molecule has 2 N–H and O–H groups in total. The van der Waals surface area contributed by atoms with Crippen molar-refractivity contribution in [2.45, 2.75) is 11.8 Å². The fourth-order valence-electron chi connectivity index (χ4n) is 2.55. The Morgan fingerprint density at radius 3 is 2.57 bits per heavy atom. The molecule has 0 aliphatic carbocycles. The summed E-state index contributed by atoms with van der Waals surface area (Å²) in [5.41, 5.74) is 2.17. The minimum absolute atomic E-state index is 0.0935. The molecule has 0 fully saturated rings. The van der Waals surface area contributed by atoms with E-state index in [0.717, 1.165) is 10.5 Å². The Balaban J connectivity index is 1.84. The van der Waals surface area contributed by atoms with Gasteiger partial charge in [0, 0.05) is 22.2 Å². The van der Waals surface area contributed by atoms with Crippen LogP contribution in [0.15, 0.2) is 81.9 Å². The summed E-state index contributed by atoms with van der Waals surface area (Å²) in [7, 11) is 0. The highest BCUT2D eigenvalue weighted by molar-refractivity contribution is 7.98. The van der Waals surface area contributed by atoms with E-state index in [0.29, 0.717) is 17.0 Å². The first-order chi connectivity index (χ1) is 13.5. The molecule has 0 saturated heterocycles. The fourth-order valence-corrected chi connectivity index (χ4v) is 3.01. The van der Waals surface area contributed by atoms with E-state index in [1.165, 1.54) is 12.3 Å². The van der Waals surface area contributed by atoms with Gasteiger partial charge in [0.25, 0.3) is 11.8 Å². The summed E-state index contributed by atoms with van der Waals surface area (Å²) in [5.74, 6) is -0.335. The Kier molecular flexibility index (Phi) is 6.34. The van der Waals surface area contributed by atoms with Crippen molar-refractivity contribution in [3.8, 4) is 0 Å². The van der Waals surface area contributed by atoms with E-state index in [4.69, 9.17) is 4.42 Å². The number of anilines is 1. The predicted octanol–water partition coefficient (Wildman–Crippen LogP) is 4.72. The SMILES string of the molecule is CSc1cccc(NC(=O)/C(=C/c2ccco2)NC(=O)c2cccc(C)c2)c1. The maximum atomic E-state index is 12.8. The van der Waals surface area contributed by atoms with Crippen LogP contribution in [0.4, 0.5) is 5.69 Å². The van der Waals surface area contributed by atoms with Crippen molar-refractivity contribution in [2.75, 3.05) is 11.6 Å². The van der Waals surface area contributed by atoms with Gasteiger partial charge in [-0.25, -0.2) is 0 Å². The highest BCUT2D eigenvalue weighted by Gasteiger charge is 2.16. The molecule has 0 aliphatic heterocycles. The maximum absolute atomic E-state index is 12.8. The number of thioether (sulfide) groups is 1. The quantitative estimate of drug-likeness (QED) is 0.470. The number of carbonyl (C=O) groups excluding carboxylic acids is 2. The van der Waals surface area contributed by atoms with Gasteiger partial charge in [-0.05, 0) is 55.6 Å². The van der Waals surface area contributed by atoms with Gasteiger partial charge in [0.1, 0.15) is 11.5 Å². The molecule has 0 aliphatic rings. The molecule has 1 heterocycles. The molecule has 0 unspecified atom stereocenters. The van der Waals surface area contributed by atoms with E-state index >= 15 is 0 Å². The average molecular weight is 392 g/mol. The minimum atomic E-state index is -0.435. The molecule has 5 nitrogen and oxygen atoms in total. The van der Waals surface area contributed by atoms with Crippen LogP contribution in [-0.2, 0) is 4.79 Å². The largest absolute Gasteiger partial charge is 0.465 e. The zero-order chi connectivity index (χ0) is 19.9. The van der Waals surface area contributed by atoms with Gasteiger partial charge >= 0.3 is 0 Å². The van der Waals surface area contributed by atoms with E-state index < -0.39 is 5.91 Å². The number of amides is 2. The highest BCUT2D eigenvalue weighted by Crippen LogP contribution is 2.19. The number of rotatable bonds is 6. The predicted molar refractivity (Wildman–Crippen MR) is 112 cm³/mol. The van der Waals surface area contributed by atoms with Gasteiger partial charge in [0.2, 0.25) is 0 Å². The topological polar surface area (TPSA) is 71.3 Å². The molecule has 1 aromatic heterocycles. The summed E-state index contributed by atoms with van der Waals surface area (Å²) in [5, 5.41) is 5.51. The van der Waals surface area contributed by atoms with Gasteiger partial charge in [-0.1, -0.05) is 23.8 Å². The van der Waals surface area contributed by atoms with Crippen LogP contribution in [0, 0.1) is 6.92 Å². The molecule has 0 spiro atoms. The second-order valence-electron chi connectivity index (χ2n) is 6.08. The zero-order valence-corrected chi connectivity index (χ0v) is 16.4. The van der Waals surface area contributed by atoms with Crippen molar-refractivity contribution < 1.29 is 14.0 Å². The van der Waals surface area contributed by atoms with Crippen LogP contribution >= 0.6 is 11.8 Å². The second-order valence-corrected chi connectivity index (χ2v) is 6.96. The molecule has 0 bridgehead atoms. The molecule has 28 heavy (non-hydrogen) atoms. The minimum Gasteiger partial charge on any atom is -0.465 e. The van der Waals surface area contributed by atoms with E-state index in [2.05, 4.69) is 10.6 Å². The summed E-state index contributed by atoms with van der Waals surface area (Å²) in [6, 6.07) is 18.1. The Bertz CT molecular complexity index is 1010. The maximum Gasteiger partial charge on any atom is 0.272 e. The van der Waals surface area contributed by atoms with E-state index in [1.54, 1.807) is 48.2 Å². The number of hydrogen-bond acceptors (Lipinski definition) is 4. The molecule has 6 heteroatoms. The number of carbonyl (C=O) groups is 2. The molecular weight excluding hydrogens is 372 g/mol. The third kappa shape index (κ3) is 5.14. The third-order valence-corrected chi connectivity index (χ3v) is 4.66. The standard InChI is InChI=1S/C22H20N2O3S/c1-15-6-3-7-16(12-15)21(25)24-20(14-18-9-5-11-27-18)22(26)23-17-8-4-10-19(13-17)28-2/h3-14H,1-2H3,(H,23,26)(H,24,25)/b20-14-. The van der Waals surface area contributed by atoms with Gasteiger partial charge in [0.15, 0.2) is 0 Å². The number of hydrogen-bond donors (Lipinski definition) is 2. The molecule has 142 valence electrons. The first-order valence-corrected chi connectivity index (χ1v) is 9.86. The Morgan fingerprint density at radius 1 is 1.04 bits per heavy atom. The molecular formula is C22H20N2O3S. The van der Waals surface area contributed by atoms with Crippen molar-refractivity contribution >= 4 is 35.3 Å². The van der Waals surface area contributed by atoms with E-state index in [9.17, 15) is 9.59 Å². The van der Waals surface area contributed by atoms with Gasteiger partial charge in [-0.3, -0.25) is 9.59 Å². The monoisotopic (exact) mass is 392 g/mol. The number of benzene rings is 2. The van der Waals surface area contributed by atoms with Crippen molar-refractivity contribution in [1.82, 2.24) is 5.32 Å². The Labute approximate surface area is 167 Å². The van der Waals surface area contributed by atoms with E-state index in [1.807, 2.05) is 37.4 Å². The lowest BCUT2D eigenvalue weighted by Gasteiger charge is -2.11. The van der Waals surface area contributed by atoms with Crippen molar-refractivity contribution in [3.05, 3.63) is 89.5 Å². The van der Waals surface area contributed by atoms with Crippen LogP contribution in [0.3, 0.4) is 0 Å². The van der Waals surface area contributed by atoms with E-state index in [-0.39, 0.29) is 11.6 Å². The van der Waals surface area contributed by atoms with Gasteiger partial charge < -0.3 is 15.1 Å². The summed E-state index contributed by atoms with van der Waals surface area (Å²) >= 11 is 1.58. The van der Waals surface area contributed by atoms with Crippen LogP contribution in [0.1, 0.15) is 21.7 Å². The average Bonchev–Trinajstić information content (AvgIpc) is 3.20. The van der Waals surface area contributed by atoms with Crippen LogP contribution in [0.5, 0.6) is 0 Å². The first kappa shape index (κ1) is 19.5. The van der Waals surface area contributed by atoms with Crippen molar-refractivity contribution in [1.29, 1.82) is 0 Å². The lowest BCUT2D eigenvalue weighted by atomic mass is 10.1. The van der Waals surface area contributed by atoms with Gasteiger partial charge in [-0.15, -0.1) is 11.8 Å². The van der Waals surface area contributed by atoms with Crippen LogP contribution in [0.25, 0.3) is 6.08 Å². The number of aryl methyl sites for hydroxylation is 1. The van der Waals surface area contributed by atoms with Crippen LogP contribution in [0.2, 0.25) is 0 Å². The lowest BCUT2D eigenvalue weighted by Crippen LogP contribution is -2.30. The first-order valence-electron chi connectivity index (χ1n) is 8.64. The van der Waals surface area contributed by atoms with Gasteiger partial charge in [0.05, 0.1) is 6.26 Å².